The number of ketones is 1. The molecule has 10 heteroatoms. The van der Waals surface area contributed by atoms with Crippen molar-refractivity contribution in [2.75, 3.05) is 17.3 Å². The van der Waals surface area contributed by atoms with Crippen LogP contribution in [0.1, 0.15) is 23.2 Å². The summed E-state index contributed by atoms with van der Waals surface area (Å²) in [4.78, 5) is 50.2. The van der Waals surface area contributed by atoms with Gasteiger partial charge in [0.05, 0.1) is 10.8 Å². The number of non-ortho nitro benzene ring substituents is 1. The van der Waals surface area contributed by atoms with Crippen molar-refractivity contribution in [3.05, 3.63) is 94.3 Å². The zero-order valence-electron chi connectivity index (χ0n) is 19.5. The van der Waals surface area contributed by atoms with Crippen LogP contribution >= 0.6 is 11.6 Å². The Morgan fingerprint density at radius 3 is 2.19 bits per heavy atom. The van der Waals surface area contributed by atoms with Gasteiger partial charge in [-0.05, 0) is 59.7 Å². The molecule has 0 N–H and O–H groups in total. The molecule has 0 unspecified atom stereocenters. The van der Waals surface area contributed by atoms with E-state index in [9.17, 15) is 28.9 Å². The second-order valence-corrected chi connectivity index (χ2v) is 8.91. The van der Waals surface area contributed by atoms with Gasteiger partial charge < -0.3 is 9.64 Å². The first-order valence-corrected chi connectivity index (χ1v) is 12.0. The highest BCUT2D eigenvalue weighted by molar-refractivity contribution is 6.18. The summed E-state index contributed by atoms with van der Waals surface area (Å²) in [5, 5.41) is 10.8. The van der Waals surface area contributed by atoms with E-state index < -0.39 is 34.5 Å². The largest absolute Gasteiger partial charge is 0.454 e. The normalized spacial score (nSPS) is 15.9. The van der Waals surface area contributed by atoms with E-state index in [1.807, 2.05) is 0 Å². The second kappa shape index (κ2) is 11.3. The zero-order valence-corrected chi connectivity index (χ0v) is 20.3. The van der Waals surface area contributed by atoms with Crippen LogP contribution in [0.3, 0.4) is 0 Å². The summed E-state index contributed by atoms with van der Waals surface area (Å²) in [7, 11) is 0. The number of halogens is 2. The molecular weight excluding hydrogens is 503 g/mol. The van der Waals surface area contributed by atoms with Gasteiger partial charge in [0.2, 0.25) is 11.7 Å². The molecule has 1 heterocycles. The van der Waals surface area contributed by atoms with Gasteiger partial charge in [0.15, 0.2) is 6.10 Å². The topological polar surface area (TPSA) is 107 Å². The number of nitro benzene ring substituents is 1. The minimum Gasteiger partial charge on any atom is -0.454 e. The fraction of sp³-hybridized carbons (Fsp3) is 0.222. The summed E-state index contributed by atoms with van der Waals surface area (Å²) >= 11 is 5.81. The minimum atomic E-state index is -1.14. The molecule has 0 aromatic heterocycles. The fourth-order valence-corrected chi connectivity index (χ4v) is 4.30. The minimum absolute atomic E-state index is 0.00591. The van der Waals surface area contributed by atoms with Crippen molar-refractivity contribution in [1.82, 2.24) is 0 Å². The van der Waals surface area contributed by atoms with Gasteiger partial charge in [-0.3, -0.25) is 24.5 Å². The molecule has 1 aliphatic rings. The molecular formula is C27H22ClFN2O6. The molecule has 8 nitrogen and oxygen atoms in total. The summed E-state index contributed by atoms with van der Waals surface area (Å²) in [6, 6.07) is 18.1. The predicted molar refractivity (Wildman–Crippen MR) is 135 cm³/mol. The van der Waals surface area contributed by atoms with E-state index in [-0.39, 0.29) is 42.4 Å². The Bertz CT molecular complexity index is 1310. The van der Waals surface area contributed by atoms with Crippen LogP contribution in [0, 0.1) is 21.8 Å². The van der Waals surface area contributed by atoms with Crippen LogP contribution < -0.4 is 4.90 Å². The Labute approximate surface area is 216 Å². The van der Waals surface area contributed by atoms with Gasteiger partial charge in [-0.1, -0.05) is 12.1 Å². The monoisotopic (exact) mass is 524 g/mol. The standard InChI is InChI=1S/C27H22ClFN2O6/c28-14-13-24(26(33)19-1-7-21(29)8-2-19)37-27(34)20-15-25(32)30(16-20)22-9-3-17(4-10-22)18-5-11-23(12-6-18)31(35)36/h1-12,20,24H,13-16H2/t20-,24-/m0/s1. The Kier molecular flexibility index (Phi) is 7.93. The molecule has 2 atom stereocenters. The average Bonchev–Trinajstić information content (AvgIpc) is 3.30. The quantitative estimate of drug-likeness (QED) is 0.125. The smallest absolute Gasteiger partial charge is 0.312 e. The number of esters is 1. The molecule has 1 aliphatic heterocycles. The van der Waals surface area contributed by atoms with Crippen molar-refractivity contribution >= 4 is 40.6 Å². The van der Waals surface area contributed by atoms with Crippen molar-refractivity contribution in [2.45, 2.75) is 18.9 Å². The number of alkyl halides is 1. The lowest BCUT2D eigenvalue weighted by molar-refractivity contribution is -0.384. The molecule has 190 valence electrons. The zero-order chi connectivity index (χ0) is 26.5. The first-order chi connectivity index (χ1) is 17.8. The third kappa shape index (κ3) is 6.00. The van der Waals surface area contributed by atoms with Crippen LogP contribution in [0.25, 0.3) is 11.1 Å². The number of amides is 1. The Balaban J connectivity index is 1.42. The molecule has 1 amide bonds. The van der Waals surface area contributed by atoms with Crippen LogP contribution in [-0.2, 0) is 14.3 Å². The molecule has 0 saturated carbocycles. The number of hydrogen-bond donors (Lipinski definition) is 0. The van der Waals surface area contributed by atoms with Crippen molar-refractivity contribution in [1.29, 1.82) is 0 Å². The summed E-state index contributed by atoms with van der Waals surface area (Å²) in [6.07, 6.45) is -1.13. The van der Waals surface area contributed by atoms with Crippen molar-refractivity contribution < 1.29 is 28.4 Å². The summed E-state index contributed by atoms with van der Waals surface area (Å²) in [6.45, 7) is 0.0902. The SMILES string of the molecule is O=C(O[C@@H](CCCl)C(=O)c1ccc(F)cc1)[C@H]1CC(=O)N(c2ccc(-c3ccc([N+](=O)[O-])cc3)cc2)C1. The molecule has 4 rings (SSSR count). The predicted octanol–water partition coefficient (Wildman–Crippen LogP) is 5.18. The van der Waals surface area contributed by atoms with Crippen LogP contribution in [-0.4, -0.2) is 41.1 Å². The number of carbonyl (C=O) groups is 3. The summed E-state index contributed by atoms with van der Waals surface area (Å²) in [5.74, 6) is -2.61. The Morgan fingerprint density at radius 2 is 1.62 bits per heavy atom. The summed E-state index contributed by atoms with van der Waals surface area (Å²) < 4.78 is 18.7. The van der Waals surface area contributed by atoms with Crippen LogP contribution in [0.15, 0.2) is 72.8 Å². The number of ether oxygens (including phenoxy) is 1. The maximum absolute atomic E-state index is 13.2. The van der Waals surface area contributed by atoms with Gasteiger partial charge in [-0.15, -0.1) is 11.6 Å². The Morgan fingerprint density at radius 1 is 1.03 bits per heavy atom. The Hall–Kier alpha value is -4.11. The number of rotatable bonds is 9. The third-order valence-electron chi connectivity index (χ3n) is 6.10. The highest BCUT2D eigenvalue weighted by atomic mass is 35.5. The molecule has 0 bridgehead atoms. The molecule has 3 aromatic rings. The number of nitrogens with zero attached hydrogens (tertiary/aromatic N) is 2. The average molecular weight is 525 g/mol. The number of benzene rings is 3. The van der Waals surface area contributed by atoms with E-state index in [0.29, 0.717) is 5.69 Å². The second-order valence-electron chi connectivity index (χ2n) is 8.53. The van der Waals surface area contributed by atoms with Gasteiger partial charge in [0, 0.05) is 48.6 Å². The maximum atomic E-state index is 13.2. The van der Waals surface area contributed by atoms with Gasteiger partial charge in [-0.25, -0.2) is 4.39 Å². The van der Waals surface area contributed by atoms with E-state index in [4.69, 9.17) is 16.3 Å². The van der Waals surface area contributed by atoms with Crippen molar-refractivity contribution in [3.8, 4) is 11.1 Å². The summed E-state index contributed by atoms with van der Waals surface area (Å²) in [5.41, 5.74) is 2.37. The molecule has 37 heavy (non-hydrogen) atoms. The molecule has 0 spiro atoms. The molecule has 1 fully saturated rings. The fourth-order valence-electron chi connectivity index (χ4n) is 4.10. The van der Waals surface area contributed by atoms with E-state index in [2.05, 4.69) is 0 Å². The highest BCUT2D eigenvalue weighted by Crippen LogP contribution is 2.30. The molecule has 0 aliphatic carbocycles. The van der Waals surface area contributed by atoms with Crippen LogP contribution in [0.2, 0.25) is 0 Å². The number of hydrogen-bond acceptors (Lipinski definition) is 6. The van der Waals surface area contributed by atoms with E-state index in [1.165, 1.54) is 29.2 Å². The van der Waals surface area contributed by atoms with E-state index in [0.717, 1.165) is 23.3 Å². The van der Waals surface area contributed by atoms with Crippen LogP contribution in [0.5, 0.6) is 0 Å². The number of Topliss-reactive ketones (excluding diaryl/α,β-unsaturated/α-hetero) is 1. The van der Waals surface area contributed by atoms with Gasteiger partial charge in [-0.2, -0.15) is 0 Å². The van der Waals surface area contributed by atoms with Gasteiger partial charge in [0.1, 0.15) is 5.82 Å². The molecule has 0 radical (unpaired) electrons. The maximum Gasteiger partial charge on any atom is 0.312 e. The number of carbonyl (C=O) groups excluding carboxylic acids is 3. The van der Waals surface area contributed by atoms with Gasteiger partial charge >= 0.3 is 5.97 Å². The third-order valence-corrected chi connectivity index (χ3v) is 6.32. The van der Waals surface area contributed by atoms with Crippen molar-refractivity contribution in [3.63, 3.8) is 0 Å². The van der Waals surface area contributed by atoms with E-state index in [1.54, 1.807) is 36.4 Å². The van der Waals surface area contributed by atoms with E-state index >= 15 is 0 Å². The lowest BCUT2D eigenvalue weighted by atomic mass is 10.0. The number of nitro groups is 1. The first kappa shape index (κ1) is 26.0. The van der Waals surface area contributed by atoms with Crippen molar-refractivity contribution in [2.24, 2.45) is 5.92 Å². The highest BCUT2D eigenvalue weighted by Gasteiger charge is 2.38. The molecule has 1 saturated heterocycles. The van der Waals surface area contributed by atoms with Crippen LogP contribution in [0.4, 0.5) is 15.8 Å². The first-order valence-electron chi connectivity index (χ1n) is 11.5. The lowest BCUT2D eigenvalue weighted by Gasteiger charge is -2.19. The number of anilines is 1. The lowest BCUT2D eigenvalue weighted by Crippen LogP contribution is -2.32. The molecule has 3 aromatic carbocycles. The van der Waals surface area contributed by atoms with Gasteiger partial charge in [0.25, 0.3) is 5.69 Å².